The van der Waals surface area contributed by atoms with Crippen LogP contribution in [-0.2, 0) is 12.4 Å². The second-order valence-electron chi connectivity index (χ2n) is 4.88. The molecule has 0 N–H and O–H groups in total. The highest BCUT2D eigenvalue weighted by Gasteiger charge is 2.11. The Morgan fingerprint density at radius 1 is 1.30 bits per heavy atom. The molecule has 0 unspecified atom stereocenters. The zero-order valence-corrected chi connectivity index (χ0v) is 15.0. The van der Waals surface area contributed by atoms with Crippen LogP contribution in [-0.4, -0.2) is 34.1 Å². The molecule has 1 aromatic heterocycles. The van der Waals surface area contributed by atoms with E-state index in [4.69, 9.17) is 11.6 Å². The molecule has 110 valence electrons. The van der Waals surface area contributed by atoms with Gasteiger partial charge >= 0.3 is 0 Å². The van der Waals surface area contributed by atoms with E-state index in [1.54, 1.807) is 0 Å². The quantitative estimate of drug-likeness (QED) is 0.510. The Morgan fingerprint density at radius 2 is 2.10 bits per heavy atom. The zero-order chi connectivity index (χ0) is 14.5. The van der Waals surface area contributed by atoms with Gasteiger partial charge in [-0.15, -0.1) is 11.6 Å². The molecule has 0 radical (unpaired) electrons. The molecular weight excluding hydrogens is 385 g/mol. The number of alkyl halides is 1. The summed E-state index contributed by atoms with van der Waals surface area (Å²) >= 11 is 8.37. The Balaban J connectivity index is 2.23. The topological polar surface area (TPSA) is 21.1 Å². The van der Waals surface area contributed by atoms with Gasteiger partial charge in [0.25, 0.3) is 0 Å². The zero-order valence-electron chi connectivity index (χ0n) is 12.1. The lowest BCUT2D eigenvalue weighted by molar-refractivity contribution is 0.277. The molecule has 0 saturated heterocycles. The van der Waals surface area contributed by atoms with Gasteiger partial charge in [-0.05, 0) is 60.3 Å². The van der Waals surface area contributed by atoms with Crippen LogP contribution in [0.1, 0.15) is 26.1 Å². The van der Waals surface area contributed by atoms with Crippen LogP contribution in [0.5, 0.6) is 0 Å². The van der Waals surface area contributed by atoms with Gasteiger partial charge in [-0.2, -0.15) is 0 Å². The van der Waals surface area contributed by atoms with Crippen LogP contribution in [0.2, 0.25) is 0 Å². The standard InChI is InChI=1S/C15H21ClIN3/c1-3-7-19(4-2)8-9-20-14-6-5-12(17)10-13(14)18-15(20)11-16/h5-6,10H,3-4,7-9,11H2,1-2H3. The first kappa shape index (κ1) is 16.0. The molecule has 0 amide bonds. The summed E-state index contributed by atoms with van der Waals surface area (Å²) in [6.07, 6.45) is 1.19. The van der Waals surface area contributed by atoms with Crippen molar-refractivity contribution in [3.05, 3.63) is 27.6 Å². The molecule has 1 heterocycles. The fraction of sp³-hybridized carbons (Fsp3) is 0.533. The molecule has 3 nitrogen and oxygen atoms in total. The van der Waals surface area contributed by atoms with E-state index in [0.717, 1.165) is 37.5 Å². The lowest BCUT2D eigenvalue weighted by Gasteiger charge is -2.20. The van der Waals surface area contributed by atoms with Crippen molar-refractivity contribution in [1.82, 2.24) is 14.5 Å². The smallest absolute Gasteiger partial charge is 0.124 e. The molecule has 0 bridgehead atoms. The van der Waals surface area contributed by atoms with Crippen molar-refractivity contribution >= 4 is 45.2 Å². The monoisotopic (exact) mass is 405 g/mol. The van der Waals surface area contributed by atoms with Crippen molar-refractivity contribution in [2.24, 2.45) is 0 Å². The highest BCUT2D eigenvalue weighted by atomic mass is 127. The van der Waals surface area contributed by atoms with Gasteiger partial charge in [0.2, 0.25) is 0 Å². The van der Waals surface area contributed by atoms with E-state index in [1.807, 2.05) is 0 Å². The van der Waals surface area contributed by atoms with Gasteiger partial charge in [0.1, 0.15) is 5.82 Å². The van der Waals surface area contributed by atoms with E-state index in [9.17, 15) is 0 Å². The number of aromatic nitrogens is 2. The van der Waals surface area contributed by atoms with Crippen LogP contribution in [0.3, 0.4) is 0 Å². The number of hydrogen-bond donors (Lipinski definition) is 0. The second kappa shape index (κ2) is 7.61. The van der Waals surface area contributed by atoms with Gasteiger partial charge in [-0.3, -0.25) is 0 Å². The summed E-state index contributed by atoms with van der Waals surface area (Å²) in [7, 11) is 0. The molecule has 2 rings (SSSR count). The Labute approximate surface area is 139 Å². The van der Waals surface area contributed by atoms with E-state index in [2.05, 4.69) is 69.1 Å². The molecule has 0 spiro atoms. The first-order valence-electron chi connectivity index (χ1n) is 7.12. The average molecular weight is 406 g/mol. The Hall–Kier alpha value is -0.330. The molecule has 0 saturated carbocycles. The van der Waals surface area contributed by atoms with E-state index in [1.165, 1.54) is 15.5 Å². The van der Waals surface area contributed by atoms with Gasteiger partial charge in [0, 0.05) is 16.7 Å². The third-order valence-electron chi connectivity index (χ3n) is 3.54. The lowest BCUT2D eigenvalue weighted by Crippen LogP contribution is -2.28. The number of likely N-dealkylation sites (N-methyl/N-ethyl adjacent to an activating group) is 1. The Kier molecular flexibility index (Phi) is 6.11. The maximum absolute atomic E-state index is 6.05. The maximum Gasteiger partial charge on any atom is 0.124 e. The Morgan fingerprint density at radius 3 is 2.75 bits per heavy atom. The van der Waals surface area contributed by atoms with Gasteiger partial charge in [0.15, 0.2) is 0 Å². The molecule has 0 aliphatic rings. The molecule has 1 aromatic carbocycles. The molecule has 0 aliphatic carbocycles. The number of benzene rings is 1. The largest absolute Gasteiger partial charge is 0.326 e. The summed E-state index contributed by atoms with van der Waals surface area (Å²) in [5.41, 5.74) is 2.24. The Bertz CT molecular complexity index is 567. The van der Waals surface area contributed by atoms with Crippen molar-refractivity contribution in [1.29, 1.82) is 0 Å². The third kappa shape index (κ3) is 3.65. The molecule has 5 heteroatoms. The predicted molar refractivity (Wildman–Crippen MR) is 94.4 cm³/mol. The SMILES string of the molecule is CCCN(CC)CCn1c(CCl)nc2cc(I)ccc21. The minimum absolute atomic E-state index is 0.463. The fourth-order valence-corrected chi connectivity index (χ4v) is 3.17. The van der Waals surface area contributed by atoms with Crippen LogP contribution >= 0.6 is 34.2 Å². The minimum Gasteiger partial charge on any atom is -0.326 e. The van der Waals surface area contributed by atoms with E-state index in [-0.39, 0.29) is 0 Å². The van der Waals surface area contributed by atoms with Gasteiger partial charge < -0.3 is 9.47 Å². The number of halogens is 2. The van der Waals surface area contributed by atoms with E-state index < -0.39 is 0 Å². The van der Waals surface area contributed by atoms with Gasteiger partial charge in [-0.1, -0.05) is 13.8 Å². The van der Waals surface area contributed by atoms with Crippen molar-refractivity contribution < 1.29 is 0 Å². The number of imidazole rings is 1. The number of fused-ring (bicyclic) bond motifs is 1. The van der Waals surface area contributed by atoms with Crippen LogP contribution in [0, 0.1) is 3.57 Å². The van der Waals surface area contributed by atoms with Crippen molar-refractivity contribution in [3.8, 4) is 0 Å². The highest BCUT2D eigenvalue weighted by molar-refractivity contribution is 14.1. The fourth-order valence-electron chi connectivity index (χ4n) is 2.49. The predicted octanol–water partition coefficient (Wildman–Crippen LogP) is 4.11. The molecule has 0 fully saturated rings. The van der Waals surface area contributed by atoms with Crippen LogP contribution in [0.15, 0.2) is 18.2 Å². The minimum atomic E-state index is 0.463. The van der Waals surface area contributed by atoms with Crippen LogP contribution < -0.4 is 0 Å². The molecule has 2 aromatic rings. The summed E-state index contributed by atoms with van der Waals surface area (Å²) in [4.78, 5) is 7.12. The average Bonchev–Trinajstić information content (AvgIpc) is 2.80. The van der Waals surface area contributed by atoms with E-state index in [0.29, 0.717) is 5.88 Å². The number of nitrogens with zero attached hydrogens (tertiary/aromatic N) is 3. The first-order valence-corrected chi connectivity index (χ1v) is 8.73. The van der Waals surface area contributed by atoms with Gasteiger partial charge in [-0.25, -0.2) is 4.98 Å². The van der Waals surface area contributed by atoms with E-state index >= 15 is 0 Å². The number of hydrogen-bond acceptors (Lipinski definition) is 2. The lowest BCUT2D eigenvalue weighted by atomic mass is 10.3. The van der Waals surface area contributed by atoms with Gasteiger partial charge in [0.05, 0.1) is 16.9 Å². The van der Waals surface area contributed by atoms with Crippen molar-refractivity contribution in [2.45, 2.75) is 32.7 Å². The summed E-state index contributed by atoms with van der Waals surface area (Å²) in [5.74, 6) is 1.43. The highest BCUT2D eigenvalue weighted by Crippen LogP contribution is 2.20. The molecular formula is C15H21ClIN3. The van der Waals surface area contributed by atoms with Crippen LogP contribution in [0.4, 0.5) is 0 Å². The maximum atomic E-state index is 6.05. The summed E-state index contributed by atoms with van der Waals surface area (Å²) in [5, 5.41) is 0. The summed E-state index contributed by atoms with van der Waals surface area (Å²) < 4.78 is 3.47. The normalized spacial score (nSPS) is 11.7. The van der Waals surface area contributed by atoms with Crippen molar-refractivity contribution in [2.75, 3.05) is 19.6 Å². The summed E-state index contributed by atoms with van der Waals surface area (Å²) in [6, 6.07) is 6.39. The van der Waals surface area contributed by atoms with Crippen molar-refractivity contribution in [3.63, 3.8) is 0 Å². The summed E-state index contributed by atoms with van der Waals surface area (Å²) in [6.45, 7) is 8.68. The number of rotatable bonds is 7. The first-order chi connectivity index (χ1) is 9.69. The molecule has 0 atom stereocenters. The molecule has 0 aliphatic heterocycles. The molecule has 20 heavy (non-hydrogen) atoms. The second-order valence-corrected chi connectivity index (χ2v) is 6.39. The third-order valence-corrected chi connectivity index (χ3v) is 4.45. The van der Waals surface area contributed by atoms with Crippen LogP contribution in [0.25, 0.3) is 11.0 Å².